The van der Waals surface area contributed by atoms with E-state index in [1.807, 2.05) is 6.20 Å². The molecule has 1 aromatic rings. The average Bonchev–Trinajstić information content (AvgIpc) is 2.08. The SMILES string of the molecule is CC(C)(C)[n+]1ccn[te]1. The molecule has 0 N–H and O–H groups in total. The minimum absolute atomic E-state index is 0.228. The van der Waals surface area contributed by atoms with E-state index >= 15 is 0 Å². The zero-order valence-electron chi connectivity index (χ0n) is 5.96. The normalized spacial score (nSPS) is 11.9. The topological polar surface area (TPSA) is 16.8 Å². The van der Waals surface area contributed by atoms with Gasteiger partial charge in [-0.2, -0.15) is 0 Å². The van der Waals surface area contributed by atoms with Crippen LogP contribution in [0, 0.1) is 0 Å². The molecular formula is C6H11N2Te+. The van der Waals surface area contributed by atoms with Crippen LogP contribution in [-0.4, -0.2) is 24.2 Å². The van der Waals surface area contributed by atoms with Crippen molar-refractivity contribution < 1.29 is 2.79 Å². The van der Waals surface area contributed by atoms with E-state index < -0.39 is 0 Å². The Kier molecular flexibility index (Phi) is 1.93. The Bertz CT molecular complexity index is 173. The van der Waals surface area contributed by atoms with Crippen molar-refractivity contribution in [2.24, 2.45) is 0 Å². The first-order chi connectivity index (χ1) is 4.11. The molecule has 0 fully saturated rings. The Morgan fingerprint density at radius 1 is 1.44 bits per heavy atom. The van der Waals surface area contributed by atoms with Crippen LogP contribution in [0.1, 0.15) is 20.8 Å². The molecule has 3 heteroatoms. The minimum atomic E-state index is -0.228. The number of rotatable bonds is 0. The molecular weight excluding hydrogens is 228 g/mol. The third-order valence-electron chi connectivity index (χ3n) is 1.06. The van der Waals surface area contributed by atoms with Crippen molar-refractivity contribution in [3.63, 3.8) is 0 Å². The van der Waals surface area contributed by atoms with Crippen LogP contribution in [0.25, 0.3) is 0 Å². The molecule has 0 saturated carbocycles. The molecule has 0 unspecified atom stereocenters. The molecule has 50 valence electrons. The summed E-state index contributed by atoms with van der Waals surface area (Å²) in [6.07, 6.45) is 4.00. The summed E-state index contributed by atoms with van der Waals surface area (Å²) in [6, 6.07) is 0. The maximum absolute atomic E-state index is 4.21. The van der Waals surface area contributed by atoms with Crippen LogP contribution < -0.4 is 2.79 Å². The van der Waals surface area contributed by atoms with Crippen LogP contribution in [-0.2, 0) is 5.54 Å². The molecule has 0 spiro atoms. The van der Waals surface area contributed by atoms with Gasteiger partial charge in [0.1, 0.15) is 0 Å². The Morgan fingerprint density at radius 3 is 2.33 bits per heavy atom. The quantitative estimate of drug-likeness (QED) is 0.590. The molecule has 0 aliphatic heterocycles. The van der Waals surface area contributed by atoms with E-state index in [1.165, 1.54) is 0 Å². The van der Waals surface area contributed by atoms with Gasteiger partial charge in [0.15, 0.2) is 0 Å². The van der Waals surface area contributed by atoms with Gasteiger partial charge in [0.2, 0.25) is 0 Å². The molecule has 0 aliphatic rings. The summed E-state index contributed by atoms with van der Waals surface area (Å²) in [7, 11) is 0. The molecule has 0 radical (unpaired) electrons. The first kappa shape index (κ1) is 7.24. The zero-order valence-corrected chi connectivity index (χ0v) is 8.29. The van der Waals surface area contributed by atoms with Crippen LogP contribution in [0.5, 0.6) is 0 Å². The van der Waals surface area contributed by atoms with E-state index in [0.29, 0.717) is 5.54 Å². The summed E-state index contributed by atoms with van der Waals surface area (Å²) >= 11 is -0.228. The molecule has 2 nitrogen and oxygen atoms in total. The Morgan fingerprint density at radius 2 is 2.11 bits per heavy atom. The van der Waals surface area contributed by atoms with E-state index in [0.717, 1.165) is 0 Å². The molecule has 0 bridgehead atoms. The Hall–Kier alpha value is 0.130. The van der Waals surface area contributed by atoms with Gasteiger partial charge < -0.3 is 0 Å². The number of aromatic nitrogens is 2. The van der Waals surface area contributed by atoms with Gasteiger partial charge in [0.05, 0.1) is 0 Å². The van der Waals surface area contributed by atoms with Crippen molar-refractivity contribution >= 4 is 21.0 Å². The van der Waals surface area contributed by atoms with E-state index in [-0.39, 0.29) is 21.0 Å². The predicted octanol–water partition coefficient (Wildman–Crippen LogP) is 0.181. The van der Waals surface area contributed by atoms with Gasteiger partial charge in [-0.15, -0.1) is 0 Å². The summed E-state index contributed by atoms with van der Waals surface area (Å²) in [5.74, 6) is 0. The van der Waals surface area contributed by atoms with Crippen LogP contribution in [0.4, 0.5) is 0 Å². The van der Waals surface area contributed by atoms with Crippen LogP contribution >= 0.6 is 0 Å². The van der Waals surface area contributed by atoms with Crippen LogP contribution in [0.15, 0.2) is 12.4 Å². The fraction of sp³-hybridized carbons (Fsp3) is 0.667. The number of nitrogens with zero attached hydrogens (tertiary/aromatic N) is 2. The predicted molar refractivity (Wildman–Crippen MR) is 36.4 cm³/mol. The van der Waals surface area contributed by atoms with Crippen LogP contribution in [0.2, 0.25) is 0 Å². The summed E-state index contributed by atoms with van der Waals surface area (Å²) in [5, 5.41) is 0. The molecule has 1 rings (SSSR count). The third-order valence-corrected chi connectivity index (χ3v) is 4.09. The second-order valence-corrected chi connectivity index (χ2v) is 5.17. The fourth-order valence-corrected chi connectivity index (χ4v) is 2.15. The third kappa shape index (κ3) is 1.77. The zero-order chi connectivity index (χ0) is 6.91. The van der Waals surface area contributed by atoms with Crippen molar-refractivity contribution in [3.8, 4) is 0 Å². The molecule has 0 atom stereocenters. The first-order valence-electron chi connectivity index (χ1n) is 2.94. The average molecular weight is 239 g/mol. The van der Waals surface area contributed by atoms with Gasteiger partial charge in [-0.1, -0.05) is 0 Å². The summed E-state index contributed by atoms with van der Waals surface area (Å²) in [4.78, 5) is 0. The number of hydrogen-bond acceptors (Lipinski definition) is 1. The molecule has 0 aliphatic carbocycles. The Labute approximate surface area is 65.9 Å². The van der Waals surface area contributed by atoms with Crippen molar-refractivity contribution in [1.29, 1.82) is 0 Å². The van der Waals surface area contributed by atoms with Gasteiger partial charge >= 0.3 is 65.7 Å². The van der Waals surface area contributed by atoms with Crippen molar-refractivity contribution in [2.75, 3.05) is 0 Å². The van der Waals surface area contributed by atoms with Crippen molar-refractivity contribution in [3.05, 3.63) is 12.4 Å². The van der Waals surface area contributed by atoms with Crippen molar-refractivity contribution in [1.82, 2.24) is 3.21 Å². The molecule has 0 amide bonds. The molecule has 1 heterocycles. The van der Waals surface area contributed by atoms with Gasteiger partial charge in [-0.3, -0.25) is 0 Å². The van der Waals surface area contributed by atoms with Gasteiger partial charge in [0, 0.05) is 0 Å². The van der Waals surface area contributed by atoms with E-state index in [4.69, 9.17) is 0 Å². The summed E-state index contributed by atoms with van der Waals surface area (Å²) in [5.41, 5.74) is 0.290. The number of hydrogen-bond donors (Lipinski definition) is 0. The maximum atomic E-state index is 4.21. The van der Waals surface area contributed by atoms with Gasteiger partial charge in [-0.25, -0.2) is 0 Å². The van der Waals surface area contributed by atoms with E-state index in [1.54, 1.807) is 0 Å². The summed E-state index contributed by atoms with van der Waals surface area (Å²) in [6.45, 7) is 6.63. The van der Waals surface area contributed by atoms with E-state index in [9.17, 15) is 0 Å². The monoisotopic (exact) mass is 241 g/mol. The second-order valence-electron chi connectivity index (χ2n) is 2.98. The van der Waals surface area contributed by atoms with Gasteiger partial charge in [0.25, 0.3) is 0 Å². The summed E-state index contributed by atoms with van der Waals surface area (Å²) < 4.78 is 6.54. The molecule has 1 aromatic heterocycles. The van der Waals surface area contributed by atoms with Gasteiger partial charge in [-0.05, 0) is 0 Å². The molecule has 9 heavy (non-hydrogen) atoms. The molecule has 0 saturated heterocycles. The first-order valence-corrected chi connectivity index (χ1v) is 5.02. The Balaban J connectivity index is 2.90. The standard InChI is InChI=1S/C6H11N2Te/c1-6(2,3)8-5-4-7-9-8/h4-5H,1-3H3/q+1. The molecule has 0 aromatic carbocycles. The van der Waals surface area contributed by atoms with E-state index in [2.05, 4.69) is 33.0 Å². The van der Waals surface area contributed by atoms with Crippen molar-refractivity contribution in [2.45, 2.75) is 26.3 Å². The van der Waals surface area contributed by atoms with Crippen LogP contribution in [0.3, 0.4) is 0 Å². The second kappa shape index (κ2) is 2.40. The fourth-order valence-electron chi connectivity index (χ4n) is 0.539.